The van der Waals surface area contributed by atoms with Crippen molar-refractivity contribution < 1.29 is 0 Å². The molecule has 0 fully saturated rings. The van der Waals surface area contributed by atoms with E-state index in [9.17, 15) is 0 Å². The number of nitrogens with zero attached hydrogens (tertiary/aromatic N) is 1. The molecule has 0 aromatic heterocycles. The van der Waals surface area contributed by atoms with Crippen LogP contribution >= 0.6 is 0 Å². The molecule has 0 spiro atoms. The zero-order chi connectivity index (χ0) is 21.8. The average molecular weight is 404 g/mol. The highest BCUT2D eigenvalue weighted by Crippen LogP contribution is 2.59. The monoisotopic (exact) mass is 403 g/mol. The van der Waals surface area contributed by atoms with Crippen LogP contribution < -0.4 is 0 Å². The number of allylic oxidation sites excluding steroid dienone is 3. The summed E-state index contributed by atoms with van der Waals surface area (Å²) in [6.45, 7) is 13.0. The van der Waals surface area contributed by atoms with Crippen molar-refractivity contribution in [2.24, 2.45) is 4.99 Å². The van der Waals surface area contributed by atoms with Crippen LogP contribution in [0.25, 0.3) is 11.1 Å². The molecule has 2 bridgehead atoms. The van der Waals surface area contributed by atoms with E-state index in [0.29, 0.717) is 0 Å². The Morgan fingerprint density at radius 2 is 1.65 bits per heavy atom. The third-order valence-corrected chi connectivity index (χ3v) is 7.34. The molecule has 1 aliphatic heterocycles. The molecule has 5 rings (SSSR count). The molecule has 0 N–H and O–H groups in total. The van der Waals surface area contributed by atoms with Gasteiger partial charge in [-0.15, -0.1) is 0 Å². The topological polar surface area (TPSA) is 12.4 Å². The zero-order valence-corrected chi connectivity index (χ0v) is 18.9. The Bertz CT molecular complexity index is 1260. The molecule has 2 unspecified atom stereocenters. The van der Waals surface area contributed by atoms with Crippen molar-refractivity contribution >= 4 is 5.71 Å². The van der Waals surface area contributed by atoms with Crippen LogP contribution in [-0.2, 0) is 11.0 Å². The van der Waals surface area contributed by atoms with Crippen LogP contribution in [0.1, 0.15) is 55.0 Å². The van der Waals surface area contributed by atoms with Crippen molar-refractivity contribution in [3.05, 3.63) is 119 Å². The molecule has 1 aliphatic carbocycles. The first-order valence-corrected chi connectivity index (χ1v) is 11.2. The molecular formula is C30H29N. The summed E-state index contributed by atoms with van der Waals surface area (Å²) < 4.78 is 0. The van der Waals surface area contributed by atoms with Gasteiger partial charge in [0.1, 0.15) is 0 Å². The highest BCUT2D eigenvalue weighted by atomic mass is 14.9. The first-order valence-electron chi connectivity index (χ1n) is 11.2. The van der Waals surface area contributed by atoms with E-state index in [0.717, 1.165) is 17.7 Å². The van der Waals surface area contributed by atoms with Gasteiger partial charge in [0.2, 0.25) is 0 Å². The lowest BCUT2D eigenvalue weighted by Gasteiger charge is -2.46. The third kappa shape index (κ3) is 2.59. The Morgan fingerprint density at radius 1 is 0.935 bits per heavy atom. The predicted octanol–water partition coefficient (Wildman–Crippen LogP) is 7.52. The number of rotatable bonds is 4. The molecule has 31 heavy (non-hydrogen) atoms. The highest BCUT2D eigenvalue weighted by Gasteiger charge is 2.56. The summed E-state index contributed by atoms with van der Waals surface area (Å²) in [5.74, 6) is 0. The van der Waals surface area contributed by atoms with E-state index in [-0.39, 0.29) is 5.41 Å². The molecule has 3 aromatic rings. The van der Waals surface area contributed by atoms with Crippen LogP contribution in [0.3, 0.4) is 0 Å². The molecule has 1 heteroatoms. The van der Waals surface area contributed by atoms with Gasteiger partial charge in [0, 0.05) is 11.0 Å². The van der Waals surface area contributed by atoms with Crippen molar-refractivity contribution in [2.75, 3.05) is 0 Å². The van der Waals surface area contributed by atoms with E-state index >= 15 is 0 Å². The van der Waals surface area contributed by atoms with E-state index in [4.69, 9.17) is 4.99 Å². The maximum Gasteiger partial charge on any atom is 0.0979 e. The van der Waals surface area contributed by atoms with Crippen molar-refractivity contribution in [3.63, 3.8) is 0 Å². The van der Waals surface area contributed by atoms with Gasteiger partial charge in [0.15, 0.2) is 0 Å². The molecule has 154 valence electrons. The molecule has 1 heterocycles. The number of aryl methyl sites for hydroxylation is 1. The Hall–Kier alpha value is -3.19. The minimum Gasteiger partial charge on any atom is -0.272 e. The number of hydrogen-bond acceptors (Lipinski definition) is 1. The molecule has 0 amide bonds. The van der Waals surface area contributed by atoms with E-state index in [1.807, 2.05) is 6.92 Å². The molecule has 2 aliphatic rings. The summed E-state index contributed by atoms with van der Waals surface area (Å²) >= 11 is 0. The second-order valence-corrected chi connectivity index (χ2v) is 9.13. The van der Waals surface area contributed by atoms with Crippen LogP contribution in [0.15, 0.2) is 96.0 Å². The fourth-order valence-electron chi connectivity index (χ4n) is 5.90. The van der Waals surface area contributed by atoms with Gasteiger partial charge in [0.25, 0.3) is 0 Å². The van der Waals surface area contributed by atoms with Gasteiger partial charge < -0.3 is 0 Å². The molecule has 0 saturated carbocycles. The normalized spacial score (nSPS) is 23.4. The molecule has 0 radical (unpaired) electrons. The first kappa shape index (κ1) is 19.8. The summed E-state index contributed by atoms with van der Waals surface area (Å²) in [5, 5.41) is 0. The molecule has 1 nitrogen and oxygen atoms in total. The van der Waals surface area contributed by atoms with Crippen LogP contribution in [0.2, 0.25) is 0 Å². The first-order chi connectivity index (χ1) is 14.9. The van der Waals surface area contributed by atoms with Crippen LogP contribution in [0, 0.1) is 6.92 Å². The van der Waals surface area contributed by atoms with E-state index in [1.165, 1.54) is 38.9 Å². The standard InChI is InChI=1S/C30H29N/c1-6-30(22-12-8-7-9-13-22)26-15-11-10-14-23(26)24-19-27-25(18-21(24)4)28(17-16-20(2)3)31-29(27,30)5/h7-19H,2,6H2,1,3-5H3/b17-16-. The lowest BCUT2D eigenvalue weighted by molar-refractivity contribution is 0.287. The minimum atomic E-state index is -0.401. The van der Waals surface area contributed by atoms with Gasteiger partial charge in [0.05, 0.1) is 11.3 Å². The highest BCUT2D eigenvalue weighted by molar-refractivity contribution is 6.13. The van der Waals surface area contributed by atoms with Gasteiger partial charge in [-0.1, -0.05) is 79.7 Å². The molecule has 2 atom stereocenters. The molecule has 0 saturated heterocycles. The number of hydrogen-bond donors (Lipinski definition) is 0. The van der Waals surface area contributed by atoms with E-state index in [1.54, 1.807) is 0 Å². The molecular weight excluding hydrogens is 374 g/mol. The van der Waals surface area contributed by atoms with E-state index < -0.39 is 5.54 Å². The van der Waals surface area contributed by atoms with Crippen molar-refractivity contribution in [1.29, 1.82) is 0 Å². The summed E-state index contributed by atoms with van der Waals surface area (Å²) in [4.78, 5) is 5.51. The lowest BCUT2D eigenvalue weighted by Crippen LogP contribution is -2.45. The summed E-state index contributed by atoms with van der Waals surface area (Å²) in [7, 11) is 0. The van der Waals surface area contributed by atoms with E-state index in [2.05, 4.69) is 106 Å². The summed E-state index contributed by atoms with van der Waals surface area (Å²) in [6.07, 6.45) is 5.18. The average Bonchev–Trinajstić information content (AvgIpc) is 3.01. The third-order valence-electron chi connectivity index (χ3n) is 7.34. The maximum atomic E-state index is 5.51. The van der Waals surface area contributed by atoms with Gasteiger partial charge in [-0.25, -0.2) is 0 Å². The fourth-order valence-corrected chi connectivity index (χ4v) is 5.90. The Balaban J connectivity index is 1.94. The quantitative estimate of drug-likeness (QED) is 0.399. The van der Waals surface area contributed by atoms with Crippen molar-refractivity contribution in [1.82, 2.24) is 0 Å². The van der Waals surface area contributed by atoms with Gasteiger partial charge in [-0.3, -0.25) is 4.99 Å². The van der Waals surface area contributed by atoms with Crippen molar-refractivity contribution in [3.8, 4) is 11.1 Å². The van der Waals surface area contributed by atoms with Gasteiger partial charge in [-0.05, 0) is 78.8 Å². The Kier molecular flexibility index (Phi) is 4.41. The largest absolute Gasteiger partial charge is 0.272 e. The lowest BCUT2D eigenvalue weighted by atomic mass is 9.59. The van der Waals surface area contributed by atoms with Crippen LogP contribution in [-0.4, -0.2) is 5.71 Å². The second kappa shape index (κ2) is 6.92. The Labute approximate surface area is 185 Å². The number of fused-ring (bicyclic) bond motifs is 3. The number of benzene rings is 3. The van der Waals surface area contributed by atoms with Crippen molar-refractivity contribution in [2.45, 2.75) is 45.1 Å². The fraction of sp³-hybridized carbons (Fsp3) is 0.233. The van der Waals surface area contributed by atoms with Crippen LogP contribution in [0.4, 0.5) is 0 Å². The smallest absolute Gasteiger partial charge is 0.0979 e. The van der Waals surface area contributed by atoms with Gasteiger partial charge >= 0.3 is 0 Å². The predicted molar refractivity (Wildman–Crippen MR) is 132 cm³/mol. The summed E-state index contributed by atoms with van der Waals surface area (Å²) in [5.41, 5.74) is 10.7. The SMILES string of the molecule is C=C(C)/C=C\C1=NC2(C)c3cc(c(C)cc31)-c1ccccc1C2(CC)c1ccccc1. The number of aliphatic imine (C=N–C) groups is 1. The summed E-state index contributed by atoms with van der Waals surface area (Å²) in [6, 6.07) is 24.7. The molecule has 3 aromatic carbocycles. The Morgan fingerprint density at radius 3 is 2.35 bits per heavy atom. The minimum absolute atomic E-state index is 0.263. The van der Waals surface area contributed by atoms with Crippen LogP contribution in [0.5, 0.6) is 0 Å². The zero-order valence-electron chi connectivity index (χ0n) is 18.9. The maximum absolute atomic E-state index is 5.51. The second-order valence-electron chi connectivity index (χ2n) is 9.13. The van der Waals surface area contributed by atoms with Gasteiger partial charge in [-0.2, -0.15) is 0 Å².